The highest BCUT2D eigenvalue weighted by Gasteiger charge is 2.15. The van der Waals surface area contributed by atoms with Crippen LogP contribution < -0.4 is 5.73 Å². The maximum Gasteiger partial charge on any atom is 0.0867 e. The second-order valence-corrected chi connectivity index (χ2v) is 5.64. The highest BCUT2D eigenvalue weighted by atomic mass is 32.1. The van der Waals surface area contributed by atoms with Gasteiger partial charge in [0.25, 0.3) is 0 Å². The smallest absolute Gasteiger partial charge is 0.0867 e. The van der Waals surface area contributed by atoms with Gasteiger partial charge >= 0.3 is 0 Å². The first kappa shape index (κ1) is 12.4. The minimum Gasteiger partial charge on any atom is -0.347 e. The fraction of sp³-hybridized carbons (Fsp3) is 0.267. The summed E-state index contributed by atoms with van der Waals surface area (Å²) in [5, 5.41) is 1.27. The molecule has 19 heavy (non-hydrogen) atoms. The second-order valence-electron chi connectivity index (χ2n) is 4.75. The monoisotopic (exact) mass is 271 g/mol. The molecule has 1 aromatic carbocycles. The largest absolute Gasteiger partial charge is 0.347 e. The Kier molecular flexibility index (Phi) is 3.12. The Bertz CT molecular complexity index is 724. The van der Waals surface area contributed by atoms with Crippen molar-refractivity contribution in [2.45, 2.75) is 13.3 Å². The third-order valence-corrected chi connectivity index (χ3v) is 4.45. The predicted molar refractivity (Wildman–Crippen MR) is 81.5 cm³/mol. The number of fused-ring (bicyclic) bond motifs is 1. The topological polar surface area (TPSA) is 43.8 Å². The average Bonchev–Trinajstić information content (AvgIpc) is 2.96. The SMILES string of the molecule is Cc1c(-c2cc(CCN)sn2)c2ccccc2n1C. The Morgan fingerprint density at radius 2 is 2.11 bits per heavy atom. The molecule has 0 saturated carbocycles. The van der Waals surface area contributed by atoms with Gasteiger partial charge in [0.05, 0.1) is 5.69 Å². The van der Waals surface area contributed by atoms with Crippen LogP contribution in [0.2, 0.25) is 0 Å². The first-order valence-electron chi connectivity index (χ1n) is 6.42. The fourth-order valence-electron chi connectivity index (χ4n) is 2.54. The van der Waals surface area contributed by atoms with E-state index in [9.17, 15) is 0 Å². The third-order valence-electron chi connectivity index (χ3n) is 3.61. The molecule has 0 fully saturated rings. The van der Waals surface area contributed by atoms with Gasteiger partial charge in [0.1, 0.15) is 0 Å². The van der Waals surface area contributed by atoms with Crippen LogP contribution >= 0.6 is 11.5 Å². The lowest BCUT2D eigenvalue weighted by molar-refractivity contribution is 0.919. The van der Waals surface area contributed by atoms with Crippen molar-refractivity contribution in [2.24, 2.45) is 12.8 Å². The summed E-state index contributed by atoms with van der Waals surface area (Å²) in [5.41, 5.74) is 10.4. The van der Waals surface area contributed by atoms with Crippen molar-refractivity contribution in [3.63, 3.8) is 0 Å². The number of aryl methyl sites for hydroxylation is 1. The molecular formula is C15H17N3S. The van der Waals surface area contributed by atoms with E-state index in [1.807, 2.05) is 0 Å². The predicted octanol–water partition coefficient (Wildman–Crippen LogP) is 3.11. The highest BCUT2D eigenvalue weighted by Crippen LogP contribution is 2.34. The minimum atomic E-state index is 0.677. The lowest BCUT2D eigenvalue weighted by atomic mass is 10.1. The molecule has 0 aliphatic carbocycles. The summed E-state index contributed by atoms with van der Waals surface area (Å²) in [6, 6.07) is 10.6. The maximum absolute atomic E-state index is 5.61. The van der Waals surface area contributed by atoms with E-state index in [4.69, 9.17) is 5.73 Å². The van der Waals surface area contributed by atoms with Gasteiger partial charge in [-0.2, -0.15) is 4.37 Å². The first-order chi connectivity index (χ1) is 9.22. The molecule has 2 heterocycles. The van der Waals surface area contributed by atoms with E-state index in [2.05, 4.69) is 53.2 Å². The van der Waals surface area contributed by atoms with Crippen LogP contribution in [0.15, 0.2) is 30.3 Å². The Hall–Kier alpha value is -1.65. The van der Waals surface area contributed by atoms with Crippen LogP contribution in [0.3, 0.4) is 0 Å². The molecule has 2 N–H and O–H groups in total. The zero-order valence-electron chi connectivity index (χ0n) is 11.2. The molecule has 0 bridgehead atoms. The first-order valence-corrected chi connectivity index (χ1v) is 7.19. The number of nitrogens with two attached hydrogens (primary N) is 1. The molecular weight excluding hydrogens is 254 g/mol. The quantitative estimate of drug-likeness (QED) is 0.795. The van der Waals surface area contributed by atoms with Crippen LogP contribution in [0.4, 0.5) is 0 Å². The van der Waals surface area contributed by atoms with Gasteiger partial charge in [-0.1, -0.05) is 18.2 Å². The molecule has 4 heteroatoms. The number of aromatic nitrogens is 2. The van der Waals surface area contributed by atoms with E-state index in [1.165, 1.54) is 27.0 Å². The molecule has 0 saturated heterocycles. The maximum atomic E-state index is 5.61. The Morgan fingerprint density at radius 1 is 1.32 bits per heavy atom. The summed E-state index contributed by atoms with van der Waals surface area (Å²) in [6.07, 6.45) is 0.904. The van der Waals surface area contributed by atoms with Crippen molar-refractivity contribution in [1.82, 2.24) is 8.94 Å². The summed E-state index contributed by atoms with van der Waals surface area (Å²) in [7, 11) is 2.11. The molecule has 0 radical (unpaired) electrons. The lowest BCUT2D eigenvalue weighted by Gasteiger charge is -1.98. The average molecular weight is 271 g/mol. The van der Waals surface area contributed by atoms with Crippen molar-refractivity contribution in [1.29, 1.82) is 0 Å². The highest BCUT2D eigenvalue weighted by molar-refractivity contribution is 7.06. The van der Waals surface area contributed by atoms with Crippen molar-refractivity contribution >= 4 is 22.4 Å². The zero-order chi connectivity index (χ0) is 13.4. The molecule has 3 aromatic rings. The normalized spacial score (nSPS) is 11.3. The van der Waals surface area contributed by atoms with Crippen molar-refractivity contribution in [3.8, 4) is 11.3 Å². The van der Waals surface area contributed by atoms with Crippen molar-refractivity contribution in [2.75, 3.05) is 6.54 Å². The Morgan fingerprint density at radius 3 is 2.89 bits per heavy atom. The van der Waals surface area contributed by atoms with E-state index in [0.717, 1.165) is 12.1 Å². The van der Waals surface area contributed by atoms with E-state index in [0.29, 0.717) is 6.54 Å². The van der Waals surface area contributed by atoms with E-state index < -0.39 is 0 Å². The van der Waals surface area contributed by atoms with Crippen molar-refractivity contribution in [3.05, 3.63) is 40.9 Å². The number of nitrogens with zero attached hydrogens (tertiary/aromatic N) is 2. The number of rotatable bonds is 3. The van der Waals surface area contributed by atoms with Crippen LogP contribution in [0.5, 0.6) is 0 Å². The van der Waals surface area contributed by atoms with Gasteiger partial charge in [0.2, 0.25) is 0 Å². The van der Waals surface area contributed by atoms with Crippen LogP contribution in [-0.4, -0.2) is 15.5 Å². The van der Waals surface area contributed by atoms with E-state index in [1.54, 1.807) is 11.5 Å². The molecule has 0 unspecified atom stereocenters. The van der Waals surface area contributed by atoms with Gasteiger partial charge in [-0.15, -0.1) is 0 Å². The van der Waals surface area contributed by atoms with Gasteiger partial charge in [-0.3, -0.25) is 0 Å². The molecule has 0 atom stereocenters. The zero-order valence-corrected chi connectivity index (χ0v) is 12.0. The van der Waals surface area contributed by atoms with Crippen LogP contribution in [0.1, 0.15) is 10.6 Å². The van der Waals surface area contributed by atoms with Gasteiger partial charge < -0.3 is 10.3 Å². The number of para-hydroxylation sites is 1. The molecule has 2 aromatic heterocycles. The molecule has 0 aliphatic rings. The van der Waals surface area contributed by atoms with Crippen LogP contribution in [-0.2, 0) is 13.5 Å². The van der Waals surface area contributed by atoms with Gasteiger partial charge in [0, 0.05) is 34.1 Å². The lowest BCUT2D eigenvalue weighted by Crippen LogP contribution is -2.00. The standard InChI is InChI=1S/C15H17N3S/c1-10-15(13-9-11(7-8-16)19-17-13)12-5-3-4-6-14(12)18(10)2/h3-6,9H,7-8,16H2,1-2H3. The second kappa shape index (κ2) is 4.79. The molecule has 98 valence electrons. The summed E-state index contributed by atoms with van der Waals surface area (Å²) < 4.78 is 6.83. The number of benzene rings is 1. The molecule has 0 amide bonds. The Balaban J connectivity index is 2.21. The molecule has 3 nitrogen and oxygen atoms in total. The Labute approximate surface area is 116 Å². The minimum absolute atomic E-state index is 0.677. The van der Waals surface area contributed by atoms with Gasteiger partial charge in [-0.05, 0) is 43.6 Å². The summed E-state index contributed by atoms with van der Waals surface area (Å²) >= 11 is 1.56. The number of hydrogen-bond donors (Lipinski definition) is 1. The summed E-state index contributed by atoms with van der Waals surface area (Å²) in [5.74, 6) is 0. The van der Waals surface area contributed by atoms with Crippen LogP contribution in [0.25, 0.3) is 22.2 Å². The molecule has 0 spiro atoms. The third kappa shape index (κ3) is 1.97. The summed E-state index contributed by atoms with van der Waals surface area (Å²) in [6.45, 7) is 2.83. The fourth-order valence-corrected chi connectivity index (χ4v) is 3.27. The van der Waals surface area contributed by atoms with Crippen LogP contribution in [0, 0.1) is 6.92 Å². The van der Waals surface area contributed by atoms with Gasteiger partial charge in [0.15, 0.2) is 0 Å². The van der Waals surface area contributed by atoms with Gasteiger partial charge in [-0.25, -0.2) is 0 Å². The van der Waals surface area contributed by atoms with E-state index in [-0.39, 0.29) is 0 Å². The molecule has 0 aliphatic heterocycles. The summed E-state index contributed by atoms with van der Waals surface area (Å²) in [4.78, 5) is 1.25. The van der Waals surface area contributed by atoms with E-state index >= 15 is 0 Å². The molecule has 3 rings (SSSR count). The van der Waals surface area contributed by atoms with Crippen molar-refractivity contribution < 1.29 is 0 Å². The number of hydrogen-bond acceptors (Lipinski definition) is 3.